The highest BCUT2D eigenvalue weighted by atomic mass is 79.9. The van der Waals surface area contributed by atoms with Crippen LogP contribution in [0, 0.1) is 11.8 Å². The van der Waals surface area contributed by atoms with Crippen molar-refractivity contribution in [1.82, 2.24) is 0 Å². The van der Waals surface area contributed by atoms with Gasteiger partial charge < -0.3 is 0 Å². The molecule has 0 radical (unpaired) electrons. The zero-order valence-corrected chi connectivity index (χ0v) is 6.60. The minimum Gasteiger partial charge on any atom is -0.300 e. The van der Waals surface area contributed by atoms with Crippen LogP contribution in [0.15, 0.2) is 0 Å². The molecular weight excluding hydrogens is 182 g/mol. The number of nitriles is 1. The van der Waals surface area contributed by atoms with Crippen LogP contribution in [0.5, 0.6) is 0 Å². The summed E-state index contributed by atoms with van der Waals surface area (Å²) in [7, 11) is 0. The second-order valence-corrected chi connectivity index (χ2v) is 3.17. The lowest BCUT2D eigenvalue weighted by molar-refractivity contribution is -0.117. The molecule has 1 unspecified atom stereocenters. The van der Waals surface area contributed by atoms with Crippen LogP contribution in [0.3, 0.4) is 0 Å². The summed E-state index contributed by atoms with van der Waals surface area (Å²) in [6.45, 7) is 3.50. The van der Waals surface area contributed by atoms with Crippen LogP contribution in [0.25, 0.3) is 0 Å². The number of halogens is 1. The fraction of sp³-hybridized carbons (Fsp3) is 0.667. The molecule has 2 nitrogen and oxygen atoms in total. The van der Waals surface area contributed by atoms with E-state index in [1.165, 1.54) is 0 Å². The molecule has 50 valence electrons. The molecule has 0 aromatic rings. The van der Waals surface area contributed by atoms with Gasteiger partial charge in [-0.25, -0.2) is 5.26 Å². The number of ketones is 1. The van der Waals surface area contributed by atoms with Gasteiger partial charge in [0.25, 0.3) is 0 Å². The third-order valence-electron chi connectivity index (χ3n) is 1.19. The second-order valence-electron chi connectivity index (χ2n) is 1.88. The van der Waals surface area contributed by atoms with E-state index in [2.05, 4.69) is 22.5 Å². The first kappa shape index (κ1) is 8.64. The van der Waals surface area contributed by atoms with Gasteiger partial charge >= 0.3 is 0 Å². The van der Waals surface area contributed by atoms with Gasteiger partial charge in [-0.15, -0.1) is 0 Å². The molecule has 9 heavy (non-hydrogen) atoms. The summed E-state index contributed by atoms with van der Waals surface area (Å²) < 4.78 is 0. The first-order valence-corrected chi connectivity index (χ1v) is 3.62. The number of alkyl halides is 1. The summed E-state index contributed by atoms with van der Waals surface area (Å²) in [5.74, 6) is 0.405. The van der Waals surface area contributed by atoms with Crippen molar-refractivity contribution in [2.45, 2.75) is 24.1 Å². The third kappa shape index (κ3) is 3.26. The molecule has 0 bridgehead atoms. The number of rotatable bonds is 0. The van der Waals surface area contributed by atoms with Gasteiger partial charge in [-0.1, -0.05) is 15.9 Å². The Balaban J connectivity index is 0.000000291. The highest BCUT2D eigenvalue weighted by Gasteiger charge is 2.18. The maximum atomic E-state index is 10.4. The maximum absolute atomic E-state index is 10.4. The number of hydrogen-bond acceptors (Lipinski definition) is 2. The Morgan fingerprint density at radius 1 is 1.67 bits per heavy atom. The average molecular weight is 190 g/mol. The first-order chi connectivity index (χ1) is 4.29. The summed E-state index contributed by atoms with van der Waals surface area (Å²) in [5.41, 5.74) is 0. The molecule has 3 heteroatoms. The monoisotopic (exact) mass is 189 g/mol. The Bertz CT molecular complexity index is 121. The quantitative estimate of drug-likeness (QED) is 0.544. The highest BCUT2D eigenvalue weighted by Crippen LogP contribution is 2.21. The van der Waals surface area contributed by atoms with Crippen molar-refractivity contribution in [2.75, 3.05) is 0 Å². The van der Waals surface area contributed by atoms with Crippen LogP contribution in [0.4, 0.5) is 0 Å². The minimum atomic E-state index is 0.405. The van der Waals surface area contributed by atoms with E-state index in [0.717, 1.165) is 19.3 Å². The van der Waals surface area contributed by atoms with Crippen LogP contribution >= 0.6 is 15.9 Å². The lowest BCUT2D eigenvalue weighted by Crippen LogP contribution is -1.88. The number of hydrogen-bond donors (Lipinski definition) is 0. The number of Topliss-reactive ketones (excluding diaryl/α,β-unsaturated/α-hetero) is 1. The highest BCUT2D eigenvalue weighted by molar-refractivity contribution is 9.09. The van der Waals surface area contributed by atoms with Crippen LogP contribution in [0.1, 0.15) is 19.3 Å². The number of nitrogens with zero attached hydrogens (tertiary/aromatic N) is 1. The van der Waals surface area contributed by atoms with Crippen LogP contribution in [-0.4, -0.2) is 10.6 Å². The fourth-order valence-corrected chi connectivity index (χ4v) is 1.36. The molecule has 0 N–H and O–H groups in total. The van der Waals surface area contributed by atoms with E-state index >= 15 is 0 Å². The average Bonchev–Trinajstić information content (AvgIpc) is 2.20. The summed E-state index contributed by atoms with van der Waals surface area (Å²) in [4.78, 5) is 10.9. The Hall–Kier alpha value is -0.360. The molecule has 1 fully saturated rings. The zero-order chi connectivity index (χ0) is 7.28. The van der Waals surface area contributed by atoms with Crippen molar-refractivity contribution in [3.05, 3.63) is 0 Å². The van der Waals surface area contributed by atoms with E-state index in [4.69, 9.17) is 5.26 Å². The molecule has 0 aromatic heterocycles. The molecule has 1 aliphatic carbocycles. The Labute approximate surface area is 63.0 Å². The lowest BCUT2D eigenvalue weighted by Gasteiger charge is -1.87. The van der Waals surface area contributed by atoms with Gasteiger partial charge in [0.15, 0.2) is 0 Å². The lowest BCUT2D eigenvalue weighted by atomic mass is 10.4. The van der Waals surface area contributed by atoms with E-state index in [-0.39, 0.29) is 0 Å². The second kappa shape index (κ2) is 4.51. The van der Waals surface area contributed by atoms with E-state index in [9.17, 15) is 4.79 Å². The first-order valence-electron chi connectivity index (χ1n) is 2.70. The van der Waals surface area contributed by atoms with Crippen molar-refractivity contribution in [2.24, 2.45) is 0 Å². The van der Waals surface area contributed by atoms with Crippen molar-refractivity contribution in [3.8, 4) is 6.57 Å². The SMILES string of the molecule is C#N.O=C1CCC(Br)C1. The molecule has 0 spiro atoms. The van der Waals surface area contributed by atoms with Crippen molar-refractivity contribution in [3.63, 3.8) is 0 Å². The summed E-state index contributed by atoms with van der Waals surface area (Å²) >= 11 is 3.36. The molecule has 1 aliphatic rings. The Morgan fingerprint density at radius 3 is 2.33 bits per heavy atom. The summed E-state index contributed by atoms with van der Waals surface area (Å²) in [5, 5.41) is 6.50. The van der Waals surface area contributed by atoms with Gasteiger partial charge in [0.2, 0.25) is 0 Å². The molecule has 0 aliphatic heterocycles. The van der Waals surface area contributed by atoms with Gasteiger partial charge in [0, 0.05) is 24.2 Å². The van der Waals surface area contributed by atoms with Gasteiger partial charge in [-0.3, -0.25) is 4.79 Å². The summed E-state index contributed by atoms with van der Waals surface area (Å²) in [6.07, 6.45) is 2.58. The maximum Gasteiger partial charge on any atom is 0.134 e. The number of carbonyl (C=O) groups is 1. The predicted molar refractivity (Wildman–Crippen MR) is 38.2 cm³/mol. The van der Waals surface area contributed by atoms with Gasteiger partial charge in [-0.2, -0.15) is 0 Å². The molecule has 0 saturated heterocycles. The van der Waals surface area contributed by atoms with Crippen molar-refractivity contribution in [1.29, 1.82) is 5.26 Å². The molecular formula is C6H8BrNO. The molecule has 0 amide bonds. The van der Waals surface area contributed by atoms with E-state index in [0.29, 0.717) is 10.6 Å². The standard InChI is InChI=1S/C5H7BrO.CHN/c6-4-1-2-5(7)3-4;1-2/h4H,1-3H2;1H. The van der Waals surface area contributed by atoms with E-state index < -0.39 is 0 Å². The van der Waals surface area contributed by atoms with Gasteiger partial charge in [-0.05, 0) is 6.42 Å². The van der Waals surface area contributed by atoms with Crippen LogP contribution in [-0.2, 0) is 4.79 Å². The normalized spacial score (nSPS) is 24.8. The Kier molecular flexibility index (Phi) is 4.33. The third-order valence-corrected chi connectivity index (χ3v) is 1.97. The molecule has 1 atom stereocenters. The topological polar surface area (TPSA) is 40.9 Å². The minimum absolute atomic E-state index is 0.405. The molecule has 1 saturated carbocycles. The van der Waals surface area contributed by atoms with Crippen molar-refractivity contribution >= 4 is 21.7 Å². The summed E-state index contributed by atoms with van der Waals surface area (Å²) in [6, 6.07) is 0. The van der Waals surface area contributed by atoms with Crippen LogP contribution < -0.4 is 0 Å². The molecule has 0 heterocycles. The van der Waals surface area contributed by atoms with Crippen molar-refractivity contribution < 1.29 is 4.79 Å². The molecule has 1 rings (SSSR count). The van der Waals surface area contributed by atoms with E-state index in [1.54, 1.807) is 0 Å². The number of carbonyl (C=O) groups excluding carboxylic acids is 1. The van der Waals surface area contributed by atoms with E-state index in [1.807, 2.05) is 0 Å². The fourth-order valence-electron chi connectivity index (χ4n) is 0.769. The zero-order valence-electron chi connectivity index (χ0n) is 5.01. The van der Waals surface area contributed by atoms with Gasteiger partial charge in [0.05, 0.1) is 0 Å². The largest absolute Gasteiger partial charge is 0.300 e. The molecule has 0 aromatic carbocycles. The van der Waals surface area contributed by atoms with Crippen LogP contribution in [0.2, 0.25) is 0 Å². The smallest absolute Gasteiger partial charge is 0.134 e. The predicted octanol–water partition coefficient (Wildman–Crippen LogP) is 1.64. The Morgan fingerprint density at radius 2 is 2.22 bits per heavy atom. The van der Waals surface area contributed by atoms with Gasteiger partial charge in [0.1, 0.15) is 5.78 Å².